The van der Waals surface area contributed by atoms with E-state index in [0.29, 0.717) is 5.69 Å². The van der Waals surface area contributed by atoms with E-state index in [-0.39, 0.29) is 23.9 Å². The van der Waals surface area contributed by atoms with Crippen molar-refractivity contribution in [3.8, 4) is 0 Å². The Bertz CT molecular complexity index is 426. The van der Waals surface area contributed by atoms with Crippen LogP contribution in [0, 0.1) is 0 Å². The fraction of sp³-hybridized carbons (Fsp3) is 0.100. The van der Waals surface area contributed by atoms with Gasteiger partial charge in [0, 0.05) is 5.69 Å². The molecule has 1 aromatic rings. The fourth-order valence-electron chi connectivity index (χ4n) is 1.22. The molecule has 1 aromatic carbocycles. The summed E-state index contributed by atoms with van der Waals surface area (Å²) < 4.78 is 0. The van der Waals surface area contributed by atoms with Gasteiger partial charge in [0.2, 0.25) is 5.91 Å². The molecule has 76 valence electrons. The number of para-hydroxylation sites is 1. The number of hydrogen-bond donors (Lipinski definition) is 2. The molecule has 0 spiro atoms. The molecule has 0 aliphatic carbocycles. The highest BCUT2D eigenvalue weighted by Crippen LogP contribution is 2.06. The summed E-state index contributed by atoms with van der Waals surface area (Å²) in [6, 6.07) is 9.02. The van der Waals surface area contributed by atoms with Gasteiger partial charge < -0.3 is 5.32 Å². The van der Waals surface area contributed by atoms with E-state index >= 15 is 0 Å². The molecule has 0 aromatic heterocycles. The average molecular weight is 203 g/mol. The van der Waals surface area contributed by atoms with Crippen molar-refractivity contribution in [1.29, 1.82) is 0 Å². The number of nitrogens with one attached hydrogen (secondary N) is 2. The number of carbonyl (C=O) groups is 2. The Hall–Kier alpha value is -2.17. The summed E-state index contributed by atoms with van der Waals surface area (Å²) >= 11 is 0. The minimum Gasteiger partial charge on any atom is -0.321 e. The molecule has 1 aliphatic heterocycles. The lowest BCUT2D eigenvalue weighted by Gasteiger charge is -2.02. The van der Waals surface area contributed by atoms with Crippen molar-refractivity contribution < 1.29 is 9.59 Å². The first kappa shape index (κ1) is 9.39. The van der Waals surface area contributed by atoms with Gasteiger partial charge in [-0.05, 0) is 12.1 Å². The predicted molar refractivity (Wildman–Crippen MR) is 55.3 cm³/mol. The summed E-state index contributed by atoms with van der Waals surface area (Å²) in [5, 5.41) is 6.26. The minimum atomic E-state index is -0.348. The van der Waals surface area contributed by atoms with E-state index in [1.807, 2.05) is 18.2 Å². The van der Waals surface area contributed by atoms with Crippen LogP contribution in [0.1, 0.15) is 6.42 Å². The van der Waals surface area contributed by atoms with Crippen LogP contribution >= 0.6 is 0 Å². The van der Waals surface area contributed by atoms with E-state index < -0.39 is 0 Å². The maximum Gasteiger partial charge on any atom is 0.272 e. The molecule has 5 nitrogen and oxygen atoms in total. The molecule has 0 atom stereocenters. The van der Waals surface area contributed by atoms with Crippen molar-refractivity contribution in [2.75, 3.05) is 5.32 Å². The lowest BCUT2D eigenvalue weighted by atomic mass is 10.2. The summed E-state index contributed by atoms with van der Waals surface area (Å²) in [6.07, 6.45) is 0.0403. The average Bonchev–Trinajstić information content (AvgIpc) is 2.66. The first-order valence-electron chi connectivity index (χ1n) is 4.47. The third-order valence-electron chi connectivity index (χ3n) is 1.94. The van der Waals surface area contributed by atoms with Crippen molar-refractivity contribution in [3.63, 3.8) is 0 Å². The standard InChI is InChI=1S/C10H9N3O2/c14-9-6-8(12-13-9)10(15)11-7-4-2-1-3-5-7/h1-5H,6H2,(H,11,15)(H,13,14). The van der Waals surface area contributed by atoms with E-state index in [1.54, 1.807) is 12.1 Å². The third-order valence-corrected chi connectivity index (χ3v) is 1.94. The van der Waals surface area contributed by atoms with Gasteiger partial charge in [0.05, 0.1) is 6.42 Å². The van der Waals surface area contributed by atoms with Gasteiger partial charge in [0.25, 0.3) is 5.91 Å². The molecule has 2 N–H and O–H groups in total. The molecule has 0 saturated carbocycles. The van der Waals surface area contributed by atoms with Crippen LogP contribution in [0.3, 0.4) is 0 Å². The van der Waals surface area contributed by atoms with Crippen LogP contribution < -0.4 is 10.7 Å². The van der Waals surface area contributed by atoms with Gasteiger partial charge in [-0.25, -0.2) is 5.43 Å². The Labute approximate surface area is 86.2 Å². The molecule has 2 rings (SSSR count). The maximum absolute atomic E-state index is 11.5. The van der Waals surface area contributed by atoms with E-state index in [1.165, 1.54) is 0 Å². The quantitative estimate of drug-likeness (QED) is 0.734. The Morgan fingerprint density at radius 2 is 2.07 bits per heavy atom. The number of anilines is 1. The van der Waals surface area contributed by atoms with Crippen molar-refractivity contribution in [2.24, 2.45) is 5.10 Å². The maximum atomic E-state index is 11.5. The molecule has 1 aliphatic rings. The van der Waals surface area contributed by atoms with Crippen molar-refractivity contribution in [3.05, 3.63) is 30.3 Å². The molecule has 5 heteroatoms. The SMILES string of the molecule is O=C1CC(C(=O)Nc2ccccc2)=NN1. The van der Waals surface area contributed by atoms with Gasteiger partial charge in [-0.3, -0.25) is 9.59 Å². The first-order valence-corrected chi connectivity index (χ1v) is 4.47. The molecule has 0 bridgehead atoms. The van der Waals surface area contributed by atoms with Crippen LogP contribution in [0.15, 0.2) is 35.4 Å². The van der Waals surface area contributed by atoms with Crippen LogP contribution in [0.4, 0.5) is 5.69 Å². The van der Waals surface area contributed by atoms with Crippen LogP contribution in [-0.2, 0) is 9.59 Å². The Kier molecular flexibility index (Phi) is 2.45. The molecule has 0 saturated heterocycles. The van der Waals surface area contributed by atoms with E-state index in [4.69, 9.17) is 0 Å². The second kappa shape index (κ2) is 3.91. The van der Waals surface area contributed by atoms with Crippen LogP contribution in [0.25, 0.3) is 0 Å². The summed E-state index contributed by atoms with van der Waals surface area (Å²) in [6.45, 7) is 0. The zero-order valence-electron chi connectivity index (χ0n) is 7.86. The summed E-state index contributed by atoms with van der Waals surface area (Å²) in [4.78, 5) is 22.3. The number of nitrogens with zero attached hydrogens (tertiary/aromatic N) is 1. The molecule has 0 unspecified atom stereocenters. The number of hydrazone groups is 1. The topological polar surface area (TPSA) is 70.6 Å². The highest BCUT2D eigenvalue weighted by molar-refractivity contribution is 6.46. The molecule has 15 heavy (non-hydrogen) atoms. The Balaban J connectivity index is 2.02. The molecular formula is C10H9N3O2. The Morgan fingerprint density at radius 1 is 1.33 bits per heavy atom. The number of amides is 2. The van der Waals surface area contributed by atoms with E-state index in [0.717, 1.165) is 0 Å². The monoisotopic (exact) mass is 203 g/mol. The number of rotatable bonds is 2. The predicted octanol–water partition coefficient (Wildman–Crippen LogP) is 0.501. The molecule has 0 radical (unpaired) electrons. The minimum absolute atomic E-state index is 0.0403. The smallest absolute Gasteiger partial charge is 0.272 e. The largest absolute Gasteiger partial charge is 0.321 e. The number of carbonyl (C=O) groups excluding carboxylic acids is 2. The van der Waals surface area contributed by atoms with Crippen molar-refractivity contribution >= 4 is 23.2 Å². The van der Waals surface area contributed by atoms with E-state index in [2.05, 4.69) is 15.8 Å². The van der Waals surface area contributed by atoms with Gasteiger partial charge in [-0.15, -0.1) is 0 Å². The highest BCUT2D eigenvalue weighted by Gasteiger charge is 2.21. The third kappa shape index (κ3) is 2.19. The van der Waals surface area contributed by atoms with Gasteiger partial charge in [0.15, 0.2) is 0 Å². The molecule has 0 fully saturated rings. The molecule has 2 amide bonds. The van der Waals surface area contributed by atoms with Crippen molar-refractivity contribution in [2.45, 2.75) is 6.42 Å². The fourth-order valence-corrected chi connectivity index (χ4v) is 1.22. The summed E-state index contributed by atoms with van der Waals surface area (Å²) in [7, 11) is 0. The summed E-state index contributed by atoms with van der Waals surface area (Å²) in [5.41, 5.74) is 3.12. The number of hydrogen-bond acceptors (Lipinski definition) is 3. The van der Waals surface area contributed by atoms with Crippen molar-refractivity contribution in [1.82, 2.24) is 5.43 Å². The van der Waals surface area contributed by atoms with Gasteiger partial charge in [-0.1, -0.05) is 18.2 Å². The van der Waals surface area contributed by atoms with Crippen LogP contribution in [0.2, 0.25) is 0 Å². The highest BCUT2D eigenvalue weighted by atomic mass is 16.2. The lowest BCUT2D eigenvalue weighted by molar-refractivity contribution is -0.119. The van der Waals surface area contributed by atoms with Gasteiger partial charge in [0.1, 0.15) is 5.71 Å². The normalized spacial score (nSPS) is 14.4. The van der Waals surface area contributed by atoms with E-state index in [9.17, 15) is 9.59 Å². The molecule has 1 heterocycles. The number of benzene rings is 1. The zero-order valence-corrected chi connectivity index (χ0v) is 7.86. The van der Waals surface area contributed by atoms with Gasteiger partial charge >= 0.3 is 0 Å². The summed E-state index contributed by atoms with van der Waals surface area (Å²) in [5.74, 6) is -0.604. The second-order valence-electron chi connectivity index (χ2n) is 3.09. The van der Waals surface area contributed by atoms with Gasteiger partial charge in [-0.2, -0.15) is 5.10 Å². The zero-order chi connectivity index (χ0) is 10.7. The second-order valence-corrected chi connectivity index (χ2v) is 3.09. The molecular weight excluding hydrogens is 194 g/mol. The first-order chi connectivity index (χ1) is 7.25. The van der Waals surface area contributed by atoms with Crippen LogP contribution in [0.5, 0.6) is 0 Å². The lowest BCUT2D eigenvalue weighted by Crippen LogP contribution is -2.21. The van der Waals surface area contributed by atoms with Crippen LogP contribution in [-0.4, -0.2) is 17.5 Å². The Morgan fingerprint density at radius 3 is 2.67 bits per heavy atom.